The fraction of sp³-hybridized carbons (Fsp3) is 0.167. The van der Waals surface area contributed by atoms with Crippen LogP contribution in [0.5, 0.6) is 0 Å². The molecule has 0 N–H and O–H groups in total. The molecular weight excluding hydrogens is 230 g/mol. The number of hydrogen-bond donors (Lipinski definition) is 0. The first-order valence-corrected chi connectivity index (χ1v) is 6.58. The first-order valence-electron chi connectivity index (χ1n) is 6.58. The summed E-state index contributed by atoms with van der Waals surface area (Å²) in [6, 6.07) is 17.2. The Hall–Kier alpha value is -2.15. The first-order chi connectivity index (χ1) is 9.13. The predicted molar refractivity (Wildman–Crippen MR) is 81.4 cm³/mol. The Bertz CT molecular complexity index is 739. The van der Waals surface area contributed by atoms with Gasteiger partial charge in [-0.25, -0.2) is 4.98 Å². The third-order valence-electron chi connectivity index (χ3n) is 3.52. The maximum atomic E-state index is 4.80. The third-order valence-corrected chi connectivity index (χ3v) is 3.52. The van der Waals surface area contributed by atoms with Gasteiger partial charge in [0, 0.05) is 10.9 Å². The standard InChI is InChI=1S/C18H17N/c1-12-4-7-15(8-5-12)17-11-14(3)16-9-6-13(2)10-18(16)19-17/h4-11H,1-3H3. The normalized spacial score (nSPS) is 10.9. The van der Waals surface area contributed by atoms with Gasteiger partial charge in [0.25, 0.3) is 0 Å². The number of rotatable bonds is 1. The number of aromatic nitrogens is 1. The summed E-state index contributed by atoms with van der Waals surface area (Å²) in [5.74, 6) is 0. The van der Waals surface area contributed by atoms with Crippen LogP contribution < -0.4 is 0 Å². The molecule has 0 saturated carbocycles. The molecule has 0 bridgehead atoms. The molecule has 0 unspecified atom stereocenters. The average molecular weight is 247 g/mol. The van der Waals surface area contributed by atoms with E-state index in [9.17, 15) is 0 Å². The van der Waals surface area contributed by atoms with E-state index in [0.717, 1.165) is 11.2 Å². The first kappa shape index (κ1) is 11.9. The van der Waals surface area contributed by atoms with E-state index in [-0.39, 0.29) is 0 Å². The van der Waals surface area contributed by atoms with E-state index in [1.807, 2.05) is 0 Å². The molecule has 2 aromatic carbocycles. The van der Waals surface area contributed by atoms with Gasteiger partial charge >= 0.3 is 0 Å². The Morgan fingerprint density at radius 2 is 1.42 bits per heavy atom. The van der Waals surface area contributed by atoms with Crippen LogP contribution in [0.4, 0.5) is 0 Å². The number of fused-ring (bicyclic) bond motifs is 1. The average Bonchev–Trinajstić information content (AvgIpc) is 2.38. The fourth-order valence-corrected chi connectivity index (χ4v) is 2.38. The van der Waals surface area contributed by atoms with Gasteiger partial charge in [-0.15, -0.1) is 0 Å². The number of benzene rings is 2. The van der Waals surface area contributed by atoms with Crippen molar-refractivity contribution in [1.29, 1.82) is 0 Å². The van der Waals surface area contributed by atoms with Crippen LogP contribution in [0.3, 0.4) is 0 Å². The molecule has 1 nitrogen and oxygen atoms in total. The molecule has 0 atom stereocenters. The van der Waals surface area contributed by atoms with Gasteiger partial charge in [0.05, 0.1) is 11.2 Å². The highest BCUT2D eigenvalue weighted by Gasteiger charge is 2.05. The SMILES string of the molecule is Cc1ccc(-c2cc(C)c3ccc(C)cc3n2)cc1. The van der Waals surface area contributed by atoms with Crippen LogP contribution in [0.2, 0.25) is 0 Å². The van der Waals surface area contributed by atoms with Crippen LogP contribution in [0.1, 0.15) is 16.7 Å². The second-order valence-corrected chi connectivity index (χ2v) is 5.21. The summed E-state index contributed by atoms with van der Waals surface area (Å²) >= 11 is 0. The maximum absolute atomic E-state index is 4.80. The zero-order valence-corrected chi connectivity index (χ0v) is 11.6. The minimum Gasteiger partial charge on any atom is -0.248 e. The Morgan fingerprint density at radius 1 is 0.737 bits per heavy atom. The van der Waals surface area contributed by atoms with Gasteiger partial charge in [0.2, 0.25) is 0 Å². The smallest absolute Gasteiger partial charge is 0.0714 e. The monoisotopic (exact) mass is 247 g/mol. The molecule has 1 heteroatoms. The number of hydrogen-bond acceptors (Lipinski definition) is 1. The Labute approximate surface area is 113 Å². The molecule has 0 fully saturated rings. The lowest BCUT2D eigenvalue weighted by atomic mass is 10.0. The second kappa shape index (κ2) is 4.51. The summed E-state index contributed by atoms with van der Waals surface area (Å²) in [6.07, 6.45) is 0. The fourth-order valence-electron chi connectivity index (χ4n) is 2.38. The van der Waals surface area contributed by atoms with Crippen molar-refractivity contribution in [3.8, 4) is 11.3 Å². The summed E-state index contributed by atoms with van der Waals surface area (Å²) in [5, 5.41) is 1.24. The van der Waals surface area contributed by atoms with Crippen molar-refractivity contribution in [1.82, 2.24) is 4.98 Å². The molecule has 3 rings (SSSR count). The Morgan fingerprint density at radius 3 is 2.16 bits per heavy atom. The summed E-state index contributed by atoms with van der Waals surface area (Å²) in [7, 11) is 0. The lowest BCUT2D eigenvalue weighted by Crippen LogP contribution is -1.89. The van der Waals surface area contributed by atoms with Crippen LogP contribution >= 0.6 is 0 Å². The largest absolute Gasteiger partial charge is 0.248 e. The van der Waals surface area contributed by atoms with Gasteiger partial charge in [0.1, 0.15) is 0 Å². The molecule has 0 saturated heterocycles. The summed E-state index contributed by atoms with van der Waals surface area (Å²) in [4.78, 5) is 4.80. The number of aryl methyl sites for hydroxylation is 3. The minimum absolute atomic E-state index is 1.05. The van der Waals surface area contributed by atoms with E-state index in [1.165, 1.54) is 27.6 Å². The molecule has 0 spiro atoms. The second-order valence-electron chi connectivity index (χ2n) is 5.21. The Balaban J connectivity index is 2.22. The van der Waals surface area contributed by atoms with Gasteiger partial charge in [-0.3, -0.25) is 0 Å². The van der Waals surface area contributed by atoms with Gasteiger partial charge < -0.3 is 0 Å². The Kier molecular flexibility index (Phi) is 2.83. The van der Waals surface area contributed by atoms with E-state index in [2.05, 4.69) is 69.3 Å². The molecular formula is C18H17N. The van der Waals surface area contributed by atoms with Crippen molar-refractivity contribution in [2.75, 3.05) is 0 Å². The quantitative estimate of drug-likeness (QED) is 0.600. The summed E-state index contributed by atoms with van der Waals surface area (Å²) < 4.78 is 0. The molecule has 3 aromatic rings. The molecule has 0 aliphatic carbocycles. The predicted octanol–water partition coefficient (Wildman–Crippen LogP) is 4.83. The highest BCUT2D eigenvalue weighted by atomic mass is 14.7. The molecule has 0 amide bonds. The lowest BCUT2D eigenvalue weighted by Gasteiger charge is -2.08. The van der Waals surface area contributed by atoms with Crippen molar-refractivity contribution in [2.24, 2.45) is 0 Å². The van der Waals surface area contributed by atoms with Crippen LogP contribution in [0.15, 0.2) is 48.5 Å². The van der Waals surface area contributed by atoms with Crippen LogP contribution in [-0.2, 0) is 0 Å². The van der Waals surface area contributed by atoms with Gasteiger partial charge in [-0.05, 0) is 44.0 Å². The van der Waals surface area contributed by atoms with Gasteiger partial charge in [-0.1, -0.05) is 42.0 Å². The highest BCUT2D eigenvalue weighted by molar-refractivity contribution is 5.85. The molecule has 94 valence electrons. The molecule has 0 aliphatic heterocycles. The van der Waals surface area contributed by atoms with Crippen LogP contribution in [-0.4, -0.2) is 4.98 Å². The van der Waals surface area contributed by atoms with Crippen molar-refractivity contribution in [3.63, 3.8) is 0 Å². The zero-order valence-electron chi connectivity index (χ0n) is 11.6. The third kappa shape index (κ3) is 2.24. The number of pyridine rings is 1. The molecule has 0 aliphatic rings. The molecule has 0 radical (unpaired) electrons. The summed E-state index contributed by atoms with van der Waals surface area (Å²) in [5.41, 5.74) is 7.11. The van der Waals surface area contributed by atoms with Crippen molar-refractivity contribution in [2.45, 2.75) is 20.8 Å². The molecule has 1 aromatic heterocycles. The van der Waals surface area contributed by atoms with Crippen molar-refractivity contribution < 1.29 is 0 Å². The van der Waals surface area contributed by atoms with E-state index < -0.39 is 0 Å². The zero-order chi connectivity index (χ0) is 13.4. The van der Waals surface area contributed by atoms with E-state index in [4.69, 9.17) is 4.98 Å². The summed E-state index contributed by atoms with van der Waals surface area (Å²) in [6.45, 7) is 6.36. The minimum atomic E-state index is 1.05. The van der Waals surface area contributed by atoms with Gasteiger partial charge in [0.15, 0.2) is 0 Å². The topological polar surface area (TPSA) is 12.9 Å². The highest BCUT2D eigenvalue weighted by Crippen LogP contribution is 2.25. The number of nitrogens with zero attached hydrogens (tertiary/aromatic N) is 1. The van der Waals surface area contributed by atoms with Crippen molar-refractivity contribution >= 4 is 10.9 Å². The van der Waals surface area contributed by atoms with Gasteiger partial charge in [-0.2, -0.15) is 0 Å². The molecule has 1 heterocycles. The van der Waals surface area contributed by atoms with Crippen LogP contribution in [0.25, 0.3) is 22.2 Å². The maximum Gasteiger partial charge on any atom is 0.0714 e. The van der Waals surface area contributed by atoms with E-state index >= 15 is 0 Å². The van der Waals surface area contributed by atoms with E-state index in [1.54, 1.807) is 0 Å². The van der Waals surface area contributed by atoms with Crippen LogP contribution in [0, 0.1) is 20.8 Å². The van der Waals surface area contributed by atoms with E-state index in [0.29, 0.717) is 0 Å². The van der Waals surface area contributed by atoms with Crippen molar-refractivity contribution in [3.05, 3.63) is 65.2 Å². The molecule has 19 heavy (non-hydrogen) atoms. The lowest BCUT2D eigenvalue weighted by molar-refractivity contribution is 1.34.